The van der Waals surface area contributed by atoms with Crippen molar-refractivity contribution in [3.8, 4) is 0 Å². The first-order valence-corrected chi connectivity index (χ1v) is 9.13. The molecular weight excluding hydrogens is 383 g/mol. The highest BCUT2D eigenvalue weighted by molar-refractivity contribution is 6.16. The van der Waals surface area contributed by atoms with E-state index in [0.717, 1.165) is 4.90 Å². The zero-order chi connectivity index (χ0) is 21.2. The molecule has 1 aliphatic rings. The van der Waals surface area contributed by atoms with Crippen molar-refractivity contribution >= 4 is 17.6 Å². The number of carbonyl (C=O) groups is 2. The van der Waals surface area contributed by atoms with Crippen LogP contribution in [0.4, 0.5) is 13.2 Å². The summed E-state index contributed by atoms with van der Waals surface area (Å²) in [5.74, 6) is -2.43. The zero-order valence-electron chi connectivity index (χ0n) is 16.0. The molecular formula is C21H20F3N3O2. The highest BCUT2D eigenvalue weighted by Crippen LogP contribution is 2.38. The van der Waals surface area contributed by atoms with Gasteiger partial charge in [-0.05, 0) is 25.0 Å². The van der Waals surface area contributed by atoms with Gasteiger partial charge < -0.3 is 5.32 Å². The lowest BCUT2D eigenvalue weighted by atomic mass is 10.1. The van der Waals surface area contributed by atoms with Crippen LogP contribution in [0.5, 0.6) is 0 Å². The highest BCUT2D eigenvalue weighted by atomic mass is 19.4. The molecule has 152 valence electrons. The van der Waals surface area contributed by atoms with Crippen LogP contribution in [0, 0.1) is 6.92 Å². The summed E-state index contributed by atoms with van der Waals surface area (Å²) in [5.41, 5.74) is -2.46. The van der Waals surface area contributed by atoms with Crippen molar-refractivity contribution in [2.75, 3.05) is 6.54 Å². The first-order chi connectivity index (χ1) is 13.7. The lowest BCUT2D eigenvalue weighted by Crippen LogP contribution is -2.63. The fourth-order valence-electron chi connectivity index (χ4n) is 3.19. The second kappa shape index (κ2) is 7.69. The molecule has 5 nitrogen and oxygen atoms in total. The Kier molecular flexibility index (Phi) is 5.46. The van der Waals surface area contributed by atoms with E-state index >= 15 is 0 Å². The van der Waals surface area contributed by atoms with Gasteiger partial charge >= 0.3 is 11.8 Å². The summed E-state index contributed by atoms with van der Waals surface area (Å²) in [4.78, 5) is 30.4. The summed E-state index contributed by atoms with van der Waals surface area (Å²) in [7, 11) is 0. The maximum absolute atomic E-state index is 14.2. The Morgan fingerprint density at radius 3 is 2.31 bits per heavy atom. The maximum atomic E-state index is 14.2. The standard InChI is InChI=1S/C21H20F3N3O2/c1-3-13-27-17(15-10-5-4-6-11-15)25-20(19(27)29,21(22,23)24)26-18(28)16-12-8-7-9-14(16)2/h4-12H,3,13H2,1-2H3,(H,26,28). The second-order valence-corrected chi connectivity index (χ2v) is 6.74. The van der Waals surface area contributed by atoms with Gasteiger partial charge in [-0.15, -0.1) is 0 Å². The topological polar surface area (TPSA) is 61.8 Å². The number of nitrogens with one attached hydrogen (secondary N) is 1. The average Bonchev–Trinajstić information content (AvgIpc) is 2.96. The van der Waals surface area contributed by atoms with E-state index in [1.807, 2.05) is 5.32 Å². The smallest absolute Gasteiger partial charge is 0.312 e. The minimum atomic E-state index is -5.12. The van der Waals surface area contributed by atoms with Crippen molar-refractivity contribution in [3.05, 3.63) is 71.3 Å². The van der Waals surface area contributed by atoms with Crippen molar-refractivity contribution in [2.24, 2.45) is 4.99 Å². The van der Waals surface area contributed by atoms with Crippen molar-refractivity contribution in [1.82, 2.24) is 10.2 Å². The molecule has 0 bridgehead atoms. The number of carbonyl (C=O) groups excluding carboxylic acids is 2. The number of alkyl halides is 3. The number of halogens is 3. The van der Waals surface area contributed by atoms with E-state index in [0.29, 0.717) is 17.5 Å². The average molecular weight is 403 g/mol. The van der Waals surface area contributed by atoms with Gasteiger partial charge in [0.15, 0.2) is 0 Å². The summed E-state index contributed by atoms with van der Waals surface area (Å²) >= 11 is 0. The van der Waals surface area contributed by atoms with Crippen LogP contribution in [0.15, 0.2) is 59.6 Å². The molecule has 2 aromatic rings. The molecule has 1 heterocycles. The van der Waals surface area contributed by atoms with Crippen LogP contribution in [-0.2, 0) is 4.79 Å². The molecule has 0 aromatic heterocycles. The van der Waals surface area contributed by atoms with Crippen LogP contribution in [0.25, 0.3) is 0 Å². The molecule has 0 saturated heterocycles. The number of amidine groups is 1. The molecule has 1 unspecified atom stereocenters. The van der Waals surface area contributed by atoms with E-state index < -0.39 is 23.7 Å². The fraction of sp³-hybridized carbons (Fsp3) is 0.286. The lowest BCUT2D eigenvalue weighted by molar-refractivity contribution is -0.196. The highest BCUT2D eigenvalue weighted by Gasteiger charge is 2.67. The normalized spacial score (nSPS) is 19.3. The van der Waals surface area contributed by atoms with Gasteiger partial charge in [-0.3, -0.25) is 14.5 Å². The number of aliphatic imine (C=N–C) groups is 1. The first kappa shape index (κ1) is 20.6. The molecule has 0 fully saturated rings. The number of rotatable bonds is 5. The molecule has 0 spiro atoms. The minimum Gasteiger partial charge on any atom is -0.312 e. The molecule has 0 aliphatic carbocycles. The van der Waals surface area contributed by atoms with E-state index in [4.69, 9.17) is 0 Å². The summed E-state index contributed by atoms with van der Waals surface area (Å²) in [6, 6.07) is 14.4. The Morgan fingerprint density at radius 2 is 1.72 bits per heavy atom. The summed E-state index contributed by atoms with van der Waals surface area (Å²) in [6.45, 7) is 3.40. The largest absolute Gasteiger partial charge is 0.442 e. The molecule has 29 heavy (non-hydrogen) atoms. The van der Waals surface area contributed by atoms with Crippen LogP contribution >= 0.6 is 0 Å². The van der Waals surface area contributed by atoms with Crippen molar-refractivity contribution in [2.45, 2.75) is 32.1 Å². The number of hydrogen-bond acceptors (Lipinski definition) is 3. The molecule has 8 heteroatoms. The maximum Gasteiger partial charge on any atom is 0.442 e. The van der Waals surface area contributed by atoms with Gasteiger partial charge in [-0.25, -0.2) is 4.99 Å². The Labute approximate surface area is 166 Å². The Balaban J connectivity index is 2.11. The van der Waals surface area contributed by atoms with Crippen molar-refractivity contribution in [1.29, 1.82) is 0 Å². The van der Waals surface area contributed by atoms with Crippen molar-refractivity contribution < 1.29 is 22.8 Å². The molecule has 3 rings (SSSR count). The summed E-state index contributed by atoms with van der Waals surface area (Å²) in [6.07, 6.45) is -4.69. The van der Waals surface area contributed by atoms with E-state index in [-0.39, 0.29) is 17.9 Å². The van der Waals surface area contributed by atoms with E-state index in [2.05, 4.69) is 4.99 Å². The van der Waals surface area contributed by atoms with Crippen LogP contribution in [0.3, 0.4) is 0 Å². The fourth-order valence-corrected chi connectivity index (χ4v) is 3.19. The first-order valence-electron chi connectivity index (χ1n) is 9.13. The minimum absolute atomic E-state index is 0.0463. The van der Waals surface area contributed by atoms with E-state index in [9.17, 15) is 22.8 Å². The number of benzene rings is 2. The summed E-state index contributed by atoms with van der Waals surface area (Å²) < 4.78 is 42.5. The van der Waals surface area contributed by atoms with Gasteiger partial charge in [0.1, 0.15) is 5.84 Å². The SMILES string of the molecule is CCCN1C(=O)C(NC(=O)c2ccccc2C)(C(F)(F)F)N=C1c1ccccc1. The third-order valence-electron chi connectivity index (χ3n) is 4.66. The molecule has 1 N–H and O–H groups in total. The molecule has 2 amide bonds. The number of nitrogens with zero attached hydrogens (tertiary/aromatic N) is 2. The lowest BCUT2D eigenvalue weighted by Gasteiger charge is -2.29. The van der Waals surface area contributed by atoms with Crippen LogP contribution in [-0.4, -0.2) is 40.9 Å². The quantitative estimate of drug-likeness (QED) is 0.828. The molecule has 0 radical (unpaired) electrons. The van der Waals surface area contributed by atoms with E-state index in [1.165, 1.54) is 6.07 Å². The zero-order valence-corrected chi connectivity index (χ0v) is 16.0. The Bertz CT molecular complexity index is 957. The summed E-state index contributed by atoms with van der Waals surface area (Å²) in [5, 5.41) is 1.88. The van der Waals surface area contributed by atoms with Gasteiger partial charge in [0.2, 0.25) is 0 Å². The van der Waals surface area contributed by atoms with Gasteiger partial charge in [0.25, 0.3) is 11.8 Å². The van der Waals surface area contributed by atoms with Crippen LogP contribution < -0.4 is 5.32 Å². The van der Waals surface area contributed by atoms with Crippen LogP contribution in [0.2, 0.25) is 0 Å². The Morgan fingerprint density at radius 1 is 1.10 bits per heavy atom. The van der Waals surface area contributed by atoms with Gasteiger partial charge in [0.05, 0.1) is 0 Å². The van der Waals surface area contributed by atoms with Gasteiger partial charge in [-0.1, -0.05) is 55.5 Å². The molecule has 0 saturated carbocycles. The molecule has 1 atom stereocenters. The van der Waals surface area contributed by atoms with Crippen molar-refractivity contribution in [3.63, 3.8) is 0 Å². The predicted octanol–water partition coefficient (Wildman–Crippen LogP) is 3.68. The predicted molar refractivity (Wildman–Crippen MR) is 102 cm³/mol. The molecule has 2 aromatic carbocycles. The Hall–Kier alpha value is -3.16. The third kappa shape index (κ3) is 3.62. The van der Waals surface area contributed by atoms with Crippen LogP contribution in [0.1, 0.15) is 34.8 Å². The number of hydrogen-bond donors (Lipinski definition) is 1. The van der Waals surface area contributed by atoms with E-state index in [1.54, 1.807) is 62.4 Å². The van der Waals surface area contributed by atoms with Gasteiger partial charge in [-0.2, -0.15) is 13.2 Å². The third-order valence-corrected chi connectivity index (χ3v) is 4.66. The monoisotopic (exact) mass is 403 g/mol. The molecule has 1 aliphatic heterocycles. The second-order valence-electron chi connectivity index (χ2n) is 6.74. The number of amides is 2. The number of aryl methyl sites for hydroxylation is 1. The van der Waals surface area contributed by atoms with Gasteiger partial charge in [0, 0.05) is 17.7 Å².